The zero-order valence-electron chi connectivity index (χ0n) is 15.0. The Kier molecular flexibility index (Phi) is 5.16. The van der Waals surface area contributed by atoms with Crippen molar-refractivity contribution in [3.05, 3.63) is 78.1 Å². The number of piperidine rings is 1. The quantitative estimate of drug-likeness (QED) is 0.676. The molecule has 0 bridgehead atoms. The van der Waals surface area contributed by atoms with E-state index in [1.807, 2.05) is 6.07 Å². The minimum atomic E-state index is -0.189. The summed E-state index contributed by atoms with van der Waals surface area (Å²) in [4.78, 5) is 2.50. The Bertz CT molecular complexity index is 869. The van der Waals surface area contributed by atoms with E-state index >= 15 is 0 Å². The van der Waals surface area contributed by atoms with E-state index < -0.39 is 0 Å². The summed E-state index contributed by atoms with van der Waals surface area (Å²) in [7, 11) is 0. The van der Waals surface area contributed by atoms with Crippen molar-refractivity contribution in [3.8, 4) is 0 Å². The van der Waals surface area contributed by atoms with Gasteiger partial charge in [0.15, 0.2) is 0 Å². The molecule has 0 radical (unpaired) electrons. The van der Waals surface area contributed by atoms with E-state index in [-0.39, 0.29) is 5.82 Å². The van der Waals surface area contributed by atoms with Gasteiger partial charge in [-0.05, 0) is 66.4 Å². The number of likely N-dealkylation sites (tertiary alicyclic amines) is 1. The first kappa shape index (κ1) is 17.0. The molecule has 3 heteroatoms. The summed E-state index contributed by atoms with van der Waals surface area (Å²) >= 11 is 0. The van der Waals surface area contributed by atoms with E-state index in [4.69, 9.17) is 0 Å². The maximum Gasteiger partial charge on any atom is 0.125 e. The van der Waals surface area contributed by atoms with Gasteiger partial charge in [-0.2, -0.15) is 0 Å². The monoisotopic (exact) mass is 348 g/mol. The molecule has 1 fully saturated rings. The molecule has 3 aromatic rings. The molecule has 1 aliphatic rings. The SMILES string of the molecule is Fc1cccc(NCCN2CCC(c3ccc4ccccc4c3)CC2)c1. The summed E-state index contributed by atoms with van der Waals surface area (Å²) in [5, 5.41) is 5.97. The van der Waals surface area contributed by atoms with Crippen molar-refractivity contribution in [2.75, 3.05) is 31.5 Å². The first-order chi connectivity index (χ1) is 12.8. The Morgan fingerprint density at radius 2 is 1.69 bits per heavy atom. The third kappa shape index (κ3) is 4.05. The van der Waals surface area contributed by atoms with Crippen LogP contribution >= 0.6 is 0 Å². The molecule has 0 atom stereocenters. The van der Waals surface area contributed by atoms with Gasteiger partial charge in [0.1, 0.15) is 5.82 Å². The standard InChI is InChI=1S/C23H25FN2/c24-22-6-3-7-23(17-22)25-12-15-26-13-10-19(11-14-26)21-9-8-18-4-1-2-5-20(18)16-21/h1-9,16-17,19,25H,10-15H2. The van der Waals surface area contributed by atoms with Gasteiger partial charge >= 0.3 is 0 Å². The smallest absolute Gasteiger partial charge is 0.125 e. The molecule has 0 amide bonds. The van der Waals surface area contributed by atoms with Gasteiger partial charge in [-0.3, -0.25) is 0 Å². The first-order valence-electron chi connectivity index (χ1n) is 9.48. The number of halogens is 1. The second kappa shape index (κ2) is 7.88. The van der Waals surface area contributed by atoms with Crippen molar-refractivity contribution in [2.24, 2.45) is 0 Å². The van der Waals surface area contributed by atoms with Gasteiger partial charge in [0.25, 0.3) is 0 Å². The predicted octanol–water partition coefficient (Wildman–Crippen LogP) is 5.27. The lowest BCUT2D eigenvalue weighted by atomic mass is 9.88. The van der Waals surface area contributed by atoms with Crippen molar-refractivity contribution in [3.63, 3.8) is 0 Å². The molecule has 0 aliphatic carbocycles. The molecular weight excluding hydrogens is 323 g/mol. The van der Waals surface area contributed by atoms with Crippen LogP contribution in [0.3, 0.4) is 0 Å². The molecule has 2 nitrogen and oxygen atoms in total. The molecule has 0 spiro atoms. The molecule has 0 saturated carbocycles. The van der Waals surface area contributed by atoms with Crippen LogP contribution in [0.4, 0.5) is 10.1 Å². The topological polar surface area (TPSA) is 15.3 Å². The molecule has 4 rings (SSSR count). The number of hydrogen-bond acceptors (Lipinski definition) is 2. The number of rotatable bonds is 5. The van der Waals surface area contributed by atoms with Gasteiger partial charge in [-0.15, -0.1) is 0 Å². The number of nitrogens with zero attached hydrogens (tertiary/aromatic N) is 1. The highest BCUT2D eigenvalue weighted by Gasteiger charge is 2.20. The van der Waals surface area contributed by atoms with E-state index in [1.54, 1.807) is 12.1 Å². The van der Waals surface area contributed by atoms with Crippen molar-refractivity contribution < 1.29 is 4.39 Å². The number of hydrogen-bond donors (Lipinski definition) is 1. The summed E-state index contributed by atoms with van der Waals surface area (Å²) in [6, 6.07) is 22.2. The average molecular weight is 348 g/mol. The lowest BCUT2D eigenvalue weighted by Gasteiger charge is -2.32. The molecule has 3 aromatic carbocycles. The van der Waals surface area contributed by atoms with E-state index in [9.17, 15) is 4.39 Å². The van der Waals surface area contributed by atoms with Gasteiger partial charge in [0, 0.05) is 18.8 Å². The molecule has 0 aromatic heterocycles. The zero-order chi connectivity index (χ0) is 17.8. The first-order valence-corrected chi connectivity index (χ1v) is 9.48. The molecule has 1 heterocycles. The Morgan fingerprint density at radius 3 is 2.50 bits per heavy atom. The highest BCUT2D eigenvalue weighted by Crippen LogP contribution is 2.30. The van der Waals surface area contributed by atoms with E-state index in [1.165, 1.54) is 35.2 Å². The van der Waals surface area contributed by atoms with Crippen molar-refractivity contribution >= 4 is 16.5 Å². The molecule has 1 aliphatic heterocycles. The fraction of sp³-hybridized carbons (Fsp3) is 0.304. The van der Waals surface area contributed by atoms with Gasteiger partial charge < -0.3 is 10.2 Å². The third-order valence-electron chi connectivity index (χ3n) is 5.41. The maximum atomic E-state index is 13.2. The van der Waals surface area contributed by atoms with Crippen molar-refractivity contribution in [1.82, 2.24) is 4.90 Å². The number of anilines is 1. The van der Waals surface area contributed by atoms with E-state index in [0.717, 1.165) is 31.9 Å². The normalized spacial score (nSPS) is 16.0. The van der Waals surface area contributed by atoms with Crippen LogP contribution in [0.2, 0.25) is 0 Å². The Hall–Kier alpha value is -2.39. The summed E-state index contributed by atoms with van der Waals surface area (Å²) in [6.07, 6.45) is 2.41. The Labute approximate surface area is 154 Å². The van der Waals surface area contributed by atoms with Gasteiger partial charge in [0.2, 0.25) is 0 Å². The molecule has 1 N–H and O–H groups in total. The van der Waals surface area contributed by atoms with Crippen molar-refractivity contribution in [1.29, 1.82) is 0 Å². The molecular formula is C23H25FN2. The second-order valence-corrected chi connectivity index (χ2v) is 7.16. The summed E-state index contributed by atoms with van der Waals surface area (Å²) in [5.41, 5.74) is 2.33. The van der Waals surface area contributed by atoms with Crippen LogP contribution in [0.1, 0.15) is 24.3 Å². The lowest BCUT2D eigenvalue weighted by Crippen LogP contribution is -2.36. The largest absolute Gasteiger partial charge is 0.384 e. The average Bonchev–Trinajstić information content (AvgIpc) is 2.68. The van der Waals surface area contributed by atoms with Crippen LogP contribution in [0.25, 0.3) is 10.8 Å². The zero-order valence-corrected chi connectivity index (χ0v) is 15.0. The van der Waals surface area contributed by atoms with Gasteiger partial charge in [0.05, 0.1) is 0 Å². The molecule has 1 saturated heterocycles. The van der Waals surface area contributed by atoms with E-state index in [2.05, 4.69) is 52.7 Å². The fourth-order valence-electron chi connectivity index (χ4n) is 3.91. The lowest BCUT2D eigenvalue weighted by molar-refractivity contribution is 0.219. The molecule has 0 unspecified atom stereocenters. The molecule has 26 heavy (non-hydrogen) atoms. The maximum absolute atomic E-state index is 13.2. The Balaban J connectivity index is 1.28. The third-order valence-corrected chi connectivity index (χ3v) is 5.41. The van der Waals surface area contributed by atoms with Crippen LogP contribution in [0.5, 0.6) is 0 Å². The summed E-state index contributed by atoms with van der Waals surface area (Å²) in [6.45, 7) is 4.11. The highest BCUT2D eigenvalue weighted by molar-refractivity contribution is 5.83. The van der Waals surface area contributed by atoms with Crippen LogP contribution in [-0.4, -0.2) is 31.1 Å². The number of benzene rings is 3. The number of fused-ring (bicyclic) bond motifs is 1. The van der Waals surface area contributed by atoms with E-state index in [0.29, 0.717) is 5.92 Å². The highest BCUT2D eigenvalue weighted by atomic mass is 19.1. The Morgan fingerprint density at radius 1 is 0.885 bits per heavy atom. The van der Waals surface area contributed by atoms with Crippen LogP contribution in [0, 0.1) is 5.82 Å². The van der Waals surface area contributed by atoms with Gasteiger partial charge in [-0.1, -0.05) is 48.5 Å². The van der Waals surface area contributed by atoms with Crippen LogP contribution in [0.15, 0.2) is 66.7 Å². The summed E-state index contributed by atoms with van der Waals surface area (Å²) in [5.74, 6) is 0.471. The second-order valence-electron chi connectivity index (χ2n) is 7.16. The van der Waals surface area contributed by atoms with Crippen LogP contribution in [-0.2, 0) is 0 Å². The summed E-state index contributed by atoms with van der Waals surface area (Å²) < 4.78 is 13.2. The minimum Gasteiger partial charge on any atom is -0.384 e. The fourth-order valence-corrected chi connectivity index (χ4v) is 3.91. The van der Waals surface area contributed by atoms with Crippen molar-refractivity contribution in [2.45, 2.75) is 18.8 Å². The van der Waals surface area contributed by atoms with Crippen LogP contribution < -0.4 is 5.32 Å². The minimum absolute atomic E-state index is 0.189. The molecule has 134 valence electrons. The number of nitrogens with one attached hydrogen (secondary N) is 1. The predicted molar refractivity (Wildman–Crippen MR) is 107 cm³/mol. The van der Waals surface area contributed by atoms with Gasteiger partial charge in [-0.25, -0.2) is 4.39 Å².